The molecular formula is C16H24FNO2. The molecule has 4 heteroatoms. The smallest absolute Gasteiger partial charge is 0.324 e. The average Bonchev–Trinajstić information content (AvgIpc) is 2.31. The number of hydrogen-bond donors (Lipinski definition) is 1. The summed E-state index contributed by atoms with van der Waals surface area (Å²) in [6, 6.07) is 2.25. The zero-order valence-corrected chi connectivity index (χ0v) is 13.1. The molecule has 112 valence electrons. The Bertz CT molecular complexity index is 506. The Balaban J connectivity index is 3.04. The van der Waals surface area contributed by atoms with Crippen molar-refractivity contribution in [3.05, 3.63) is 34.6 Å². The summed E-state index contributed by atoms with van der Waals surface area (Å²) < 4.78 is 19.3. The second-order valence-corrected chi connectivity index (χ2v) is 6.25. The van der Waals surface area contributed by atoms with E-state index in [1.54, 1.807) is 33.8 Å². The van der Waals surface area contributed by atoms with E-state index in [0.717, 1.165) is 11.1 Å². The van der Waals surface area contributed by atoms with Crippen LogP contribution in [0.15, 0.2) is 12.1 Å². The Labute approximate surface area is 120 Å². The van der Waals surface area contributed by atoms with Gasteiger partial charge in [0.05, 0.1) is 0 Å². The third-order valence-corrected chi connectivity index (χ3v) is 3.41. The van der Waals surface area contributed by atoms with Crippen molar-refractivity contribution in [1.29, 1.82) is 0 Å². The molecule has 0 aliphatic heterocycles. The van der Waals surface area contributed by atoms with Crippen molar-refractivity contribution in [1.82, 2.24) is 0 Å². The van der Waals surface area contributed by atoms with Gasteiger partial charge in [0.1, 0.15) is 17.5 Å². The Morgan fingerprint density at radius 2 is 1.85 bits per heavy atom. The van der Waals surface area contributed by atoms with Crippen LogP contribution in [0.3, 0.4) is 0 Å². The molecule has 3 nitrogen and oxygen atoms in total. The molecule has 0 aliphatic rings. The van der Waals surface area contributed by atoms with Crippen LogP contribution in [0.4, 0.5) is 4.39 Å². The molecule has 0 aliphatic carbocycles. The molecule has 0 bridgehead atoms. The molecule has 0 aromatic heterocycles. The first-order chi connectivity index (χ1) is 9.04. The number of hydrogen-bond acceptors (Lipinski definition) is 3. The molecule has 20 heavy (non-hydrogen) atoms. The van der Waals surface area contributed by atoms with Gasteiger partial charge in [-0.15, -0.1) is 0 Å². The highest BCUT2D eigenvalue weighted by atomic mass is 19.1. The minimum atomic E-state index is -0.885. The van der Waals surface area contributed by atoms with Crippen molar-refractivity contribution in [3.8, 4) is 0 Å². The number of rotatable bonds is 3. The quantitative estimate of drug-likeness (QED) is 0.865. The van der Waals surface area contributed by atoms with Gasteiger partial charge in [-0.1, -0.05) is 13.0 Å². The third kappa shape index (κ3) is 3.79. The summed E-state index contributed by atoms with van der Waals surface area (Å²) in [5.41, 5.74) is 7.64. The van der Waals surface area contributed by atoms with E-state index in [9.17, 15) is 9.18 Å². The summed E-state index contributed by atoms with van der Waals surface area (Å²) in [6.07, 6.45) is 0. The summed E-state index contributed by atoms with van der Waals surface area (Å²) in [5, 5.41) is 0. The molecule has 1 rings (SSSR count). The Kier molecular flexibility index (Phi) is 4.92. The fraction of sp³-hybridized carbons (Fsp3) is 0.562. The van der Waals surface area contributed by atoms with Gasteiger partial charge in [-0.25, -0.2) is 4.39 Å². The first kappa shape index (κ1) is 16.6. The van der Waals surface area contributed by atoms with Crippen LogP contribution in [0, 0.1) is 19.7 Å². The van der Waals surface area contributed by atoms with Crippen LogP contribution in [-0.2, 0) is 9.53 Å². The van der Waals surface area contributed by atoms with E-state index >= 15 is 0 Å². The minimum absolute atomic E-state index is 0.334. The van der Waals surface area contributed by atoms with Crippen molar-refractivity contribution in [3.63, 3.8) is 0 Å². The summed E-state index contributed by atoms with van der Waals surface area (Å²) in [6.45, 7) is 10.8. The minimum Gasteiger partial charge on any atom is -0.459 e. The van der Waals surface area contributed by atoms with Gasteiger partial charge in [0.2, 0.25) is 0 Å². The Morgan fingerprint density at radius 3 is 2.35 bits per heavy atom. The number of esters is 1. The fourth-order valence-electron chi connectivity index (χ4n) is 2.12. The average molecular weight is 281 g/mol. The maximum Gasteiger partial charge on any atom is 0.324 e. The van der Waals surface area contributed by atoms with E-state index in [-0.39, 0.29) is 5.82 Å². The Morgan fingerprint density at radius 1 is 1.30 bits per heavy atom. The number of halogens is 1. The lowest BCUT2D eigenvalue weighted by Crippen LogP contribution is -2.41. The summed E-state index contributed by atoms with van der Waals surface area (Å²) in [7, 11) is 0. The zero-order valence-electron chi connectivity index (χ0n) is 13.1. The van der Waals surface area contributed by atoms with Gasteiger partial charge in [0.25, 0.3) is 0 Å². The molecule has 0 spiro atoms. The van der Waals surface area contributed by atoms with Crippen molar-refractivity contribution in [2.75, 3.05) is 0 Å². The van der Waals surface area contributed by atoms with E-state index in [1.807, 2.05) is 13.8 Å². The highest BCUT2D eigenvalue weighted by molar-refractivity contribution is 5.77. The molecular weight excluding hydrogens is 257 g/mol. The number of nitrogens with two attached hydrogens (primary N) is 1. The molecule has 1 aromatic carbocycles. The number of carbonyl (C=O) groups excluding carboxylic acids is 1. The molecule has 1 aromatic rings. The SMILES string of the molecule is Cc1ccc(F)c(C(C)[C@H](N)C(=O)OC(C)(C)C)c1C. The van der Waals surface area contributed by atoms with Crippen LogP contribution in [0.25, 0.3) is 0 Å². The monoisotopic (exact) mass is 281 g/mol. The molecule has 2 atom stereocenters. The van der Waals surface area contributed by atoms with Gasteiger partial charge >= 0.3 is 5.97 Å². The predicted molar refractivity (Wildman–Crippen MR) is 78.1 cm³/mol. The molecule has 0 heterocycles. The van der Waals surface area contributed by atoms with E-state index in [1.165, 1.54) is 6.07 Å². The van der Waals surface area contributed by atoms with Crippen LogP contribution in [0.5, 0.6) is 0 Å². The lowest BCUT2D eigenvalue weighted by Gasteiger charge is -2.26. The number of benzene rings is 1. The molecule has 0 saturated heterocycles. The lowest BCUT2D eigenvalue weighted by atomic mass is 9.88. The van der Waals surface area contributed by atoms with E-state index in [2.05, 4.69) is 0 Å². The lowest BCUT2D eigenvalue weighted by molar-refractivity contribution is -0.156. The van der Waals surface area contributed by atoms with Gasteiger partial charge < -0.3 is 10.5 Å². The van der Waals surface area contributed by atoms with Crippen LogP contribution in [-0.4, -0.2) is 17.6 Å². The predicted octanol–water partition coefficient (Wildman–Crippen LogP) is 3.22. The van der Waals surface area contributed by atoms with Gasteiger partial charge in [-0.3, -0.25) is 4.79 Å². The Hall–Kier alpha value is -1.42. The largest absolute Gasteiger partial charge is 0.459 e. The summed E-state index contributed by atoms with van der Waals surface area (Å²) >= 11 is 0. The third-order valence-electron chi connectivity index (χ3n) is 3.41. The van der Waals surface area contributed by atoms with Crippen LogP contribution in [0.2, 0.25) is 0 Å². The summed E-state index contributed by atoms with van der Waals surface area (Å²) in [5.74, 6) is -1.28. The number of aryl methyl sites for hydroxylation is 1. The normalized spacial score (nSPS) is 14.8. The van der Waals surface area contributed by atoms with E-state index in [4.69, 9.17) is 10.5 Å². The summed E-state index contributed by atoms with van der Waals surface area (Å²) in [4.78, 5) is 12.0. The topological polar surface area (TPSA) is 52.3 Å². The maximum atomic E-state index is 14.0. The number of ether oxygens (including phenoxy) is 1. The zero-order chi connectivity index (χ0) is 15.7. The second kappa shape index (κ2) is 5.92. The first-order valence-corrected chi connectivity index (χ1v) is 6.78. The standard InChI is InChI=1S/C16H24FNO2/c1-9-7-8-12(17)13(10(9)2)11(3)14(18)15(19)20-16(4,5)6/h7-8,11,14H,18H2,1-6H3/t11?,14-/m0/s1. The van der Waals surface area contributed by atoms with Gasteiger partial charge in [-0.05, 0) is 57.4 Å². The van der Waals surface area contributed by atoms with E-state index < -0.39 is 23.5 Å². The van der Waals surface area contributed by atoms with Crippen LogP contribution < -0.4 is 5.73 Å². The van der Waals surface area contributed by atoms with Crippen molar-refractivity contribution >= 4 is 5.97 Å². The van der Waals surface area contributed by atoms with Crippen molar-refractivity contribution in [2.24, 2.45) is 5.73 Å². The highest BCUT2D eigenvalue weighted by Gasteiger charge is 2.30. The molecule has 0 amide bonds. The molecule has 0 radical (unpaired) electrons. The van der Waals surface area contributed by atoms with Gasteiger partial charge in [-0.2, -0.15) is 0 Å². The van der Waals surface area contributed by atoms with Crippen molar-refractivity contribution in [2.45, 2.75) is 59.1 Å². The first-order valence-electron chi connectivity index (χ1n) is 6.78. The van der Waals surface area contributed by atoms with Crippen LogP contribution >= 0.6 is 0 Å². The van der Waals surface area contributed by atoms with E-state index in [0.29, 0.717) is 5.56 Å². The molecule has 2 N–H and O–H groups in total. The van der Waals surface area contributed by atoms with Crippen molar-refractivity contribution < 1.29 is 13.9 Å². The highest BCUT2D eigenvalue weighted by Crippen LogP contribution is 2.28. The van der Waals surface area contributed by atoms with Gasteiger partial charge in [0, 0.05) is 5.92 Å². The molecule has 0 saturated carbocycles. The maximum absolute atomic E-state index is 14.0. The van der Waals surface area contributed by atoms with Gasteiger partial charge in [0.15, 0.2) is 0 Å². The fourth-order valence-corrected chi connectivity index (χ4v) is 2.12. The van der Waals surface area contributed by atoms with Crippen LogP contribution in [0.1, 0.15) is 50.3 Å². The molecule has 0 fully saturated rings. The second-order valence-electron chi connectivity index (χ2n) is 6.25. The molecule has 1 unspecified atom stereocenters. The number of carbonyl (C=O) groups is 1.